The Kier molecular flexibility index (Phi) is 9.64. The van der Waals surface area contributed by atoms with Gasteiger partial charge in [-0.25, -0.2) is 9.97 Å². The smallest absolute Gasteiger partial charge is 0.225 e. The highest BCUT2D eigenvalue weighted by molar-refractivity contribution is 5.86. The maximum Gasteiger partial charge on any atom is 0.225 e. The van der Waals surface area contributed by atoms with Crippen LogP contribution in [0.15, 0.2) is 66.4 Å². The number of hydrogen-bond donors (Lipinski definition) is 0. The molecule has 0 aliphatic carbocycles. The van der Waals surface area contributed by atoms with E-state index in [9.17, 15) is 4.79 Å². The molecule has 1 fully saturated rings. The van der Waals surface area contributed by atoms with Gasteiger partial charge in [0.05, 0.1) is 11.4 Å². The summed E-state index contributed by atoms with van der Waals surface area (Å²) in [5.74, 6) is 2.60. The van der Waals surface area contributed by atoms with E-state index in [0.29, 0.717) is 13.0 Å². The third-order valence-electron chi connectivity index (χ3n) is 7.24. The number of carbonyl (C=O) groups excluding carboxylic acids is 1. The zero-order valence-electron chi connectivity index (χ0n) is 23.7. The fraction of sp³-hybridized carbons (Fsp3) is 0.394. The van der Waals surface area contributed by atoms with Crippen molar-refractivity contribution in [1.29, 1.82) is 0 Å². The molecule has 0 amide bonds. The maximum atomic E-state index is 11.2. The number of ether oxygens (including phenoxy) is 1. The van der Waals surface area contributed by atoms with Crippen molar-refractivity contribution in [2.45, 2.75) is 59.8 Å². The molecule has 0 N–H and O–H groups in total. The van der Waals surface area contributed by atoms with E-state index in [0.717, 1.165) is 82.8 Å². The highest BCUT2D eigenvalue weighted by atomic mass is 16.5. The molecule has 0 atom stereocenters. The Labute approximate surface area is 232 Å². The average Bonchev–Trinajstić information content (AvgIpc) is 2.93. The van der Waals surface area contributed by atoms with Gasteiger partial charge in [0.2, 0.25) is 5.95 Å². The first-order chi connectivity index (χ1) is 18.8. The minimum absolute atomic E-state index is 0.213. The lowest BCUT2D eigenvalue weighted by atomic mass is 10.00. The lowest BCUT2D eigenvalue weighted by Gasteiger charge is -2.30. The van der Waals surface area contributed by atoms with E-state index >= 15 is 0 Å². The van der Waals surface area contributed by atoms with Crippen LogP contribution < -0.4 is 9.64 Å². The number of piperidine rings is 1. The van der Waals surface area contributed by atoms with Crippen molar-refractivity contribution in [1.82, 2.24) is 9.97 Å². The number of hydrogen-bond acceptors (Lipinski definition) is 6. The zero-order chi connectivity index (χ0) is 27.8. The number of carbonyl (C=O) groups is 1. The predicted molar refractivity (Wildman–Crippen MR) is 161 cm³/mol. The summed E-state index contributed by atoms with van der Waals surface area (Å²) in [7, 11) is 0. The van der Waals surface area contributed by atoms with Crippen LogP contribution in [-0.2, 0) is 4.79 Å². The molecule has 0 radical (unpaired) electrons. The normalized spacial score (nSPS) is 14.4. The summed E-state index contributed by atoms with van der Waals surface area (Å²) in [6, 6.07) is 14.2. The molecular formula is C33H40N4O2. The number of benzene rings is 2. The van der Waals surface area contributed by atoms with Crippen molar-refractivity contribution in [3.8, 4) is 16.9 Å². The molecule has 1 aliphatic rings. The number of ketones is 1. The quantitative estimate of drug-likeness (QED) is 0.241. The molecule has 6 nitrogen and oxygen atoms in total. The van der Waals surface area contributed by atoms with Crippen molar-refractivity contribution < 1.29 is 9.53 Å². The lowest BCUT2D eigenvalue weighted by molar-refractivity contribution is -0.117. The van der Waals surface area contributed by atoms with Gasteiger partial charge in [-0.3, -0.25) is 4.99 Å². The van der Waals surface area contributed by atoms with Gasteiger partial charge in [-0.1, -0.05) is 31.7 Å². The molecule has 0 bridgehead atoms. The molecule has 204 valence electrons. The summed E-state index contributed by atoms with van der Waals surface area (Å²) in [6.07, 6.45) is 8.44. The van der Waals surface area contributed by atoms with Crippen LogP contribution >= 0.6 is 0 Å². The summed E-state index contributed by atoms with van der Waals surface area (Å²) in [6.45, 7) is 14.6. The first kappa shape index (κ1) is 28.2. The van der Waals surface area contributed by atoms with Crippen LogP contribution in [0.3, 0.4) is 0 Å². The molecule has 1 saturated heterocycles. The molecular weight excluding hydrogens is 484 g/mol. The maximum absolute atomic E-state index is 11.2. The number of aliphatic imine (C=N–C) groups is 1. The number of allylic oxidation sites excluding steroid dienone is 1. The van der Waals surface area contributed by atoms with Gasteiger partial charge in [0.15, 0.2) is 0 Å². The van der Waals surface area contributed by atoms with E-state index in [1.54, 1.807) is 6.92 Å². The number of aromatic nitrogens is 2. The molecule has 2 heterocycles. The van der Waals surface area contributed by atoms with Gasteiger partial charge in [-0.2, -0.15) is 0 Å². The van der Waals surface area contributed by atoms with Gasteiger partial charge < -0.3 is 14.4 Å². The summed E-state index contributed by atoms with van der Waals surface area (Å²) in [4.78, 5) is 27.6. The number of rotatable bonds is 11. The second-order valence-electron chi connectivity index (χ2n) is 10.8. The van der Waals surface area contributed by atoms with Crippen LogP contribution in [0.5, 0.6) is 5.75 Å². The second-order valence-corrected chi connectivity index (χ2v) is 10.8. The van der Waals surface area contributed by atoms with Crippen molar-refractivity contribution in [3.63, 3.8) is 0 Å². The third kappa shape index (κ3) is 8.09. The fourth-order valence-corrected chi connectivity index (χ4v) is 4.73. The highest BCUT2D eigenvalue weighted by Crippen LogP contribution is 2.28. The van der Waals surface area contributed by atoms with Crippen molar-refractivity contribution >= 4 is 28.7 Å². The van der Waals surface area contributed by atoms with Crippen LogP contribution in [0, 0.1) is 12.8 Å². The Hall–Kier alpha value is -3.80. The molecule has 0 saturated carbocycles. The first-order valence-electron chi connectivity index (χ1n) is 13.9. The number of Topliss-reactive ketones (excluding diaryl/α,β-unsaturated/α-hetero) is 1. The van der Waals surface area contributed by atoms with Gasteiger partial charge in [-0.15, -0.1) is 0 Å². The van der Waals surface area contributed by atoms with Gasteiger partial charge in [0.1, 0.15) is 18.1 Å². The Bertz CT molecular complexity index is 1320. The van der Waals surface area contributed by atoms with Gasteiger partial charge in [0, 0.05) is 37.5 Å². The molecule has 0 spiro atoms. The molecule has 0 unspecified atom stereocenters. The minimum atomic E-state index is 0.213. The standard InChI is InChI=1S/C33H40N4O2/c1-23-14-16-37(17-15-23)33-34-20-30(21-35-33)29-12-13-32(25(3)18-29)36-26(4)22-39-31-11-7-10-28(19-31)24(2)8-6-9-27(5)38/h7,10-13,18-21,23H,2,6,8-9,14-17,22H2,1,3-5H3/b36-26+. The summed E-state index contributed by atoms with van der Waals surface area (Å²) < 4.78 is 6.03. The molecule has 2 aromatic carbocycles. The van der Waals surface area contributed by atoms with Crippen LogP contribution in [0.1, 0.15) is 64.0 Å². The molecule has 1 aromatic heterocycles. The first-order valence-corrected chi connectivity index (χ1v) is 13.9. The minimum Gasteiger partial charge on any atom is -0.488 e. The topological polar surface area (TPSA) is 67.7 Å². The van der Waals surface area contributed by atoms with E-state index in [4.69, 9.17) is 9.73 Å². The lowest BCUT2D eigenvalue weighted by Crippen LogP contribution is -2.33. The van der Waals surface area contributed by atoms with Gasteiger partial charge in [-0.05, 0) is 98.9 Å². The van der Waals surface area contributed by atoms with E-state index in [1.165, 1.54) is 12.8 Å². The van der Waals surface area contributed by atoms with Gasteiger partial charge in [0.25, 0.3) is 0 Å². The molecule has 1 aliphatic heterocycles. The Balaban J connectivity index is 1.35. The Morgan fingerprint density at radius 2 is 1.79 bits per heavy atom. The SMILES string of the molecule is C=C(CCCC(C)=O)c1cccc(OC/C(C)=N/c2ccc(-c3cnc(N4CCC(C)CC4)nc3)cc2C)c1. The van der Waals surface area contributed by atoms with Crippen molar-refractivity contribution in [2.75, 3.05) is 24.6 Å². The third-order valence-corrected chi connectivity index (χ3v) is 7.24. The summed E-state index contributed by atoms with van der Waals surface area (Å²) >= 11 is 0. The fourth-order valence-electron chi connectivity index (χ4n) is 4.73. The van der Waals surface area contributed by atoms with Crippen LogP contribution in [0.2, 0.25) is 0 Å². The Morgan fingerprint density at radius 3 is 2.49 bits per heavy atom. The molecule has 3 aromatic rings. The second kappa shape index (κ2) is 13.3. The van der Waals surface area contributed by atoms with Crippen molar-refractivity contribution in [3.05, 3.63) is 72.6 Å². The van der Waals surface area contributed by atoms with Crippen LogP contribution in [0.25, 0.3) is 16.7 Å². The molecule has 39 heavy (non-hydrogen) atoms. The highest BCUT2D eigenvalue weighted by Gasteiger charge is 2.18. The monoisotopic (exact) mass is 524 g/mol. The van der Waals surface area contributed by atoms with E-state index in [1.807, 2.05) is 49.6 Å². The molecule has 4 rings (SSSR count). The van der Waals surface area contributed by atoms with Gasteiger partial charge >= 0.3 is 0 Å². The zero-order valence-corrected chi connectivity index (χ0v) is 23.7. The van der Waals surface area contributed by atoms with Crippen LogP contribution in [0.4, 0.5) is 11.6 Å². The molecule has 6 heteroatoms. The predicted octanol–water partition coefficient (Wildman–Crippen LogP) is 7.63. The largest absolute Gasteiger partial charge is 0.488 e. The number of nitrogens with zero attached hydrogens (tertiary/aromatic N) is 4. The van der Waals surface area contributed by atoms with E-state index in [-0.39, 0.29) is 5.78 Å². The van der Waals surface area contributed by atoms with Crippen molar-refractivity contribution in [2.24, 2.45) is 10.9 Å². The van der Waals surface area contributed by atoms with E-state index in [2.05, 4.69) is 47.4 Å². The Morgan fingerprint density at radius 1 is 1.05 bits per heavy atom. The summed E-state index contributed by atoms with van der Waals surface area (Å²) in [5, 5.41) is 0. The average molecular weight is 525 g/mol. The van der Waals surface area contributed by atoms with E-state index < -0.39 is 0 Å². The number of aryl methyl sites for hydroxylation is 1. The number of anilines is 1. The van der Waals surface area contributed by atoms with Crippen LogP contribution in [-0.4, -0.2) is 41.2 Å². The summed E-state index contributed by atoms with van der Waals surface area (Å²) in [5.41, 5.74) is 7.05.